The molecule has 0 amide bonds. The zero-order valence-corrected chi connectivity index (χ0v) is 25.1. The Morgan fingerprint density at radius 1 is 0.611 bits per heavy atom. The molecule has 0 saturated heterocycles. The summed E-state index contributed by atoms with van der Waals surface area (Å²) in [6.07, 6.45) is 29.9. The fourth-order valence-corrected chi connectivity index (χ4v) is 5.66. The quantitative estimate of drug-likeness (QED) is 0.0811. The SMILES string of the molecule is CCCCCCCCCCCCCCCCCCC(C)(O)C[N+](C)(C)CCCCCCCCC(=O)O. The van der Waals surface area contributed by atoms with Gasteiger partial charge in [-0.2, -0.15) is 0 Å². The number of hydrogen-bond donors (Lipinski definition) is 2. The highest BCUT2D eigenvalue weighted by atomic mass is 16.4. The Morgan fingerprint density at radius 3 is 1.39 bits per heavy atom. The van der Waals surface area contributed by atoms with E-state index in [2.05, 4.69) is 21.0 Å². The average molecular weight is 513 g/mol. The van der Waals surface area contributed by atoms with Crippen molar-refractivity contribution in [3.05, 3.63) is 0 Å². The van der Waals surface area contributed by atoms with Crippen molar-refractivity contribution in [2.45, 2.75) is 174 Å². The summed E-state index contributed by atoms with van der Waals surface area (Å²) in [5.41, 5.74) is -0.573. The van der Waals surface area contributed by atoms with E-state index in [1.807, 2.05) is 6.92 Å². The topological polar surface area (TPSA) is 57.5 Å². The Bertz CT molecular complexity index is 490. The maximum atomic E-state index is 10.9. The first-order chi connectivity index (χ1) is 17.2. The lowest BCUT2D eigenvalue weighted by Gasteiger charge is -2.36. The second-order valence-corrected chi connectivity index (χ2v) is 12.6. The summed E-state index contributed by atoms with van der Waals surface area (Å²) in [5, 5.41) is 19.6. The van der Waals surface area contributed by atoms with Crippen LogP contribution in [-0.4, -0.2) is 53.5 Å². The summed E-state index contributed by atoms with van der Waals surface area (Å²) >= 11 is 0. The van der Waals surface area contributed by atoms with Crippen molar-refractivity contribution >= 4 is 5.97 Å². The Hall–Kier alpha value is -0.610. The number of carboxylic acid groups (broad SMARTS) is 1. The molecular formula is C32H66NO3+. The number of nitrogens with zero attached hydrogens (tertiary/aromatic N) is 1. The van der Waals surface area contributed by atoms with E-state index in [1.165, 1.54) is 116 Å². The minimum atomic E-state index is -0.680. The van der Waals surface area contributed by atoms with Gasteiger partial charge in [-0.25, -0.2) is 0 Å². The van der Waals surface area contributed by atoms with E-state index < -0.39 is 11.6 Å². The monoisotopic (exact) mass is 513 g/mol. The first-order valence-electron chi connectivity index (χ1n) is 15.9. The number of likely N-dealkylation sites (N-methyl/N-ethyl adjacent to an activating group) is 1. The Morgan fingerprint density at radius 2 is 0.972 bits per heavy atom. The lowest BCUT2D eigenvalue weighted by Crippen LogP contribution is -2.50. The summed E-state index contributed by atoms with van der Waals surface area (Å²) < 4.78 is 0.880. The molecule has 0 aromatic carbocycles. The highest BCUT2D eigenvalue weighted by Gasteiger charge is 2.29. The number of carboxylic acids is 1. The van der Waals surface area contributed by atoms with Gasteiger partial charge < -0.3 is 14.7 Å². The van der Waals surface area contributed by atoms with E-state index in [1.54, 1.807) is 0 Å². The molecule has 0 aliphatic carbocycles. The first kappa shape index (κ1) is 35.4. The molecule has 36 heavy (non-hydrogen) atoms. The average Bonchev–Trinajstić information content (AvgIpc) is 2.79. The van der Waals surface area contributed by atoms with Crippen LogP contribution in [0.5, 0.6) is 0 Å². The van der Waals surface area contributed by atoms with Gasteiger partial charge >= 0.3 is 5.97 Å². The zero-order chi connectivity index (χ0) is 27.0. The van der Waals surface area contributed by atoms with Crippen molar-refractivity contribution in [2.24, 2.45) is 0 Å². The molecule has 0 aliphatic heterocycles. The fourth-order valence-electron chi connectivity index (χ4n) is 5.66. The van der Waals surface area contributed by atoms with Crippen molar-refractivity contribution in [3.63, 3.8) is 0 Å². The van der Waals surface area contributed by atoms with Gasteiger partial charge in [0, 0.05) is 6.42 Å². The standard InChI is InChI=1S/C32H65NO3/c1-5-6-7-8-9-10-11-12-13-14-15-16-17-19-22-25-28-32(2,36)30-33(3,4)29-26-23-20-18-21-24-27-31(34)35/h36H,5-30H2,1-4H3/p+1. The molecule has 2 N–H and O–H groups in total. The molecule has 0 spiro atoms. The van der Waals surface area contributed by atoms with Gasteiger partial charge in [-0.15, -0.1) is 0 Å². The second kappa shape index (κ2) is 23.5. The smallest absolute Gasteiger partial charge is 0.303 e. The molecule has 0 rings (SSSR count). The van der Waals surface area contributed by atoms with Crippen LogP contribution in [0, 0.1) is 0 Å². The van der Waals surface area contributed by atoms with Crippen molar-refractivity contribution in [1.29, 1.82) is 0 Å². The predicted molar refractivity (Wildman–Crippen MR) is 157 cm³/mol. The van der Waals surface area contributed by atoms with Crippen LogP contribution in [0.1, 0.15) is 168 Å². The van der Waals surface area contributed by atoms with Crippen LogP contribution in [0.4, 0.5) is 0 Å². The maximum Gasteiger partial charge on any atom is 0.303 e. The van der Waals surface area contributed by atoms with Crippen molar-refractivity contribution in [2.75, 3.05) is 27.2 Å². The number of hydrogen-bond acceptors (Lipinski definition) is 2. The number of quaternary nitrogens is 1. The Labute approximate surface area is 226 Å². The largest absolute Gasteiger partial charge is 0.481 e. The fraction of sp³-hybridized carbons (Fsp3) is 0.969. The molecule has 0 aliphatic rings. The Balaban J connectivity index is 3.57. The highest BCUT2D eigenvalue weighted by molar-refractivity contribution is 5.66. The molecule has 0 aromatic heterocycles. The summed E-state index contributed by atoms with van der Waals surface area (Å²) in [5.74, 6) is -0.680. The number of aliphatic hydroxyl groups is 1. The van der Waals surface area contributed by atoms with Gasteiger partial charge in [-0.3, -0.25) is 4.79 Å². The van der Waals surface area contributed by atoms with Gasteiger partial charge in [0.15, 0.2) is 0 Å². The summed E-state index contributed by atoms with van der Waals surface area (Å²) in [6.45, 7) is 6.24. The third kappa shape index (κ3) is 26.5. The van der Waals surface area contributed by atoms with Crippen molar-refractivity contribution in [1.82, 2.24) is 0 Å². The lowest BCUT2D eigenvalue weighted by atomic mass is 9.96. The molecular weight excluding hydrogens is 446 g/mol. The van der Waals surface area contributed by atoms with E-state index in [0.29, 0.717) is 6.42 Å². The van der Waals surface area contributed by atoms with E-state index >= 15 is 0 Å². The first-order valence-corrected chi connectivity index (χ1v) is 15.9. The minimum Gasteiger partial charge on any atom is -0.481 e. The van der Waals surface area contributed by atoms with Gasteiger partial charge in [-0.05, 0) is 32.6 Å². The van der Waals surface area contributed by atoms with Gasteiger partial charge in [0.1, 0.15) is 12.1 Å². The third-order valence-electron chi connectivity index (χ3n) is 7.74. The zero-order valence-electron chi connectivity index (χ0n) is 25.1. The third-order valence-corrected chi connectivity index (χ3v) is 7.74. The van der Waals surface area contributed by atoms with Crippen molar-refractivity contribution < 1.29 is 19.5 Å². The van der Waals surface area contributed by atoms with Gasteiger partial charge in [0.25, 0.3) is 0 Å². The molecule has 1 atom stereocenters. The molecule has 1 unspecified atom stereocenters. The molecule has 0 heterocycles. The molecule has 4 nitrogen and oxygen atoms in total. The van der Waals surface area contributed by atoms with Gasteiger partial charge in [-0.1, -0.05) is 129 Å². The van der Waals surface area contributed by atoms with E-state index in [-0.39, 0.29) is 0 Å². The summed E-state index contributed by atoms with van der Waals surface area (Å²) in [7, 11) is 4.49. The van der Waals surface area contributed by atoms with Crippen LogP contribution in [0.15, 0.2) is 0 Å². The van der Waals surface area contributed by atoms with Crippen LogP contribution < -0.4 is 0 Å². The summed E-state index contributed by atoms with van der Waals surface area (Å²) in [6, 6.07) is 0. The minimum absolute atomic E-state index is 0.304. The molecule has 216 valence electrons. The normalized spacial score (nSPS) is 13.7. The lowest BCUT2D eigenvalue weighted by molar-refractivity contribution is -0.896. The van der Waals surface area contributed by atoms with Crippen molar-refractivity contribution in [3.8, 4) is 0 Å². The molecule has 0 radical (unpaired) electrons. The number of carbonyl (C=O) groups is 1. The van der Waals surface area contributed by atoms with Gasteiger partial charge in [0.2, 0.25) is 0 Å². The number of aliphatic carboxylic acids is 1. The van der Waals surface area contributed by atoms with E-state index in [4.69, 9.17) is 5.11 Å². The van der Waals surface area contributed by atoms with Crippen LogP contribution in [0.2, 0.25) is 0 Å². The number of unbranched alkanes of at least 4 members (excludes halogenated alkanes) is 20. The molecule has 0 bridgehead atoms. The van der Waals surface area contributed by atoms with Crippen LogP contribution in [-0.2, 0) is 4.79 Å². The van der Waals surface area contributed by atoms with E-state index in [9.17, 15) is 9.90 Å². The number of rotatable bonds is 28. The maximum absolute atomic E-state index is 10.9. The predicted octanol–water partition coefficient (Wildman–Crippen LogP) is 9.28. The highest BCUT2D eigenvalue weighted by Crippen LogP contribution is 2.21. The molecule has 4 heteroatoms. The summed E-state index contributed by atoms with van der Waals surface area (Å²) in [4.78, 5) is 10.5. The molecule has 0 fully saturated rings. The van der Waals surface area contributed by atoms with E-state index in [0.717, 1.165) is 49.7 Å². The molecule has 0 aromatic rings. The van der Waals surface area contributed by atoms with Crippen LogP contribution in [0.25, 0.3) is 0 Å². The molecule has 0 saturated carbocycles. The van der Waals surface area contributed by atoms with Crippen LogP contribution in [0.3, 0.4) is 0 Å². The van der Waals surface area contributed by atoms with Gasteiger partial charge in [0.05, 0.1) is 20.6 Å². The second-order valence-electron chi connectivity index (χ2n) is 12.6. The van der Waals surface area contributed by atoms with Crippen LogP contribution >= 0.6 is 0 Å². The Kier molecular flexibility index (Phi) is 23.1.